The maximum Gasteiger partial charge on any atom is 0.119 e. The quantitative estimate of drug-likeness (QED) is 0.762. The van der Waals surface area contributed by atoms with Gasteiger partial charge in [0.2, 0.25) is 0 Å². The van der Waals surface area contributed by atoms with Crippen LogP contribution in [-0.4, -0.2) is 46.6 Å². The molecule has 0 aromatic heterocycles. The van der Waals surface area contributed by atoms with Crippen LogP contribution in [-0.2, 0) is 10.8 Å². The van der Waals surface area contributed by atoms with E-state index in [-0.39, 0.29) is 12.6 Å². The molecule has 0 bridgehead atoms. The summed E-state index contributed by atoms with van der Waals surface area (Å²) in [5.41, 5.74) is 2.29. The predicted octanol–water partition coefficient (Wildman–Crippen LogP) is 1.40. The third-order valence-electron chi connectivity index (χ3n) is 2.82. The lowest BCUT2D eigenvalue weighted by Crippen LogP contribution is -2.39. The van der Waals surface area contributed by atoms with Crippen LogP contribution in [0.3, 0.4) is 0 Å². The van der Waals surface area contributed by atoms with Crippen molar-refractivity contribution in [1.29, 1.82) is 0 Å². The zero-order chi connectivity index (χ0) is 15.1. The summed E-state index contributed by atoms with van der Waals surface area (Å²) in [4.78, 5) is 0. The number of aliphatic hydroxyl groups excluding tert-OH is 1. The number of hydrogen-bond acceptors (Lipinski definition) is 4. The van der Waals surface area contributed by atoms with Crippen molar-refractivity contribution in [3.63, 3.8) is 0 Å². The van der Waals surface area contributed by atoms with E-state index in [1.165, 1.54) is 0 Å². The van der Waals surface area contributed by atoms with Gasteiger partial charge in [0, 0.05) is 35.4 Å². The molecule has 0 heterocycles. The number of rotatable bonds is 8. The maximum absolute atomic E-state index is 11.1. The van der Waals surface area contributed by atoms with Crippen LogP contribution in [0, 0.1) is 13.8 Å². The summed E-state index contributed by atoms with van der Waals surface area (Å²) in [6, 6.07) is 6.11. The monoisotopic (exact) mass is 299 g/mol. The summed E-state index contributed by atoms with van der Waals surface area (Å²) < 4.78 is 16.7. The van der Waals surface area contributed by atoms with Gasteiger partial charge in [-0.25, -0.2) is 0 Å². The molecule has 0 fully saturated rings. The molecule has 0 aliphatic carbocycles. The predicted molar refractivity (Wildman–Crippen MR) is 83.8 cm³/mol. The lowest BCUT2D eigenvalue weighted by Gasteiger charge is -2.17. The lowest BCUT2D eigenvalue weighted by molar-refractivity contribution is 0.104. The van der Waals surface area contributed by atoms with E-state index in [0.717, 1.165) is 16.9 Å². The van der Waals surface area contributed by atoms with Crippen molar-refractivity contribution in [3.05, 3.63) is 29.3 Å². The summed E-state index contributed by atoms with van der Waals surface area (Å²) in [5, 5.41) is 13.0. The van der Waals surface area contributed by atoms with Crippen LogP contribution in [0.25, 0.3) is 0 Å². The second-order valence-electron chi connectivity index (χ2n) is 5.34. The van der Waals surface area contributed by atoms with Gasteiger partial charge in [-0.1, -0.05) is 6.07 Å². The van der Waals surface area contributed by atoms with Crippen LogP contribution in [0.5, 0.6) is 5.75 Å². The topological polar surface area (TPSA) is 58.6 Å². The Kier molecular flexibility index (Phi) is 7.19. The summed E-state index contributed by atoms with van der Waals surface area (Å²) in [6.45, 7) is 6.68. The summed E-state index contributed by atoms with van der Waals surface area (Å²) >= 11 is 0. The van der Waals surface area contributed by atoms with Gasteiger partial charge >= 0.3 is 0 Å². The molecule has 1 rings (SSSR count). The molecule has 0 spiro atoms. The maximum atomic E-state index is 11.1. The highest BCUT2D eigenvalue weighted by Gasteiger charge is 2.09. The van der Waals surface area contributed by atoms with Crippen LogP contribution < -0.4 is 10.1 Å². The van der Waals surface area contributed by atoms with E-state index >= 15 is 0 Å². The molecular formula is C15H25NO3S. The largest absolute Gasteiger partial charge is 0.491 e. The minimum Gasteiger partial charge on any atom is -0.491 e. The fourth-order valence-corrected chi connectivity index (χ4v) is 2.84. The van der Waals surface area contributed by atoms with Gasteiger partial charge in [-0.15, -0.1) is 0 Å². The molecule has 0 saturated carbocycles. The van der Waals surface area contributed by atoms with Gasteiger partial charge in [0.1, 0.15) is 18.5 Å². The molecule has 3 unspecified atom stereocenters. The Bertz CT molecular complexity index is 430. The molecular weight excluding hydrogens is 274 g/mol. The van der Waals surface area contributed by atoms with Crippen molar-refractivity contribution in [1.82, 2.24) is 5.32 Å². The molecule has 1 aromatic carbocycles. The van der Waals surface area contributed by atoms with Crippen LogP contribution in [0.2, 0.25) is 0 Å². The first-order valence-electron chi connectivity index (χ1n) is 6.79. The molecule has 0 amide bonds. The molecule has 0 saturated heterocycles. The van der Waals surface area contributed by atoms with Crippen LogP contribution in [0.1, 0.15) is 18.1 Å². The van der Waals surface area contributed by atoms with Crippen molar-refractivity contribution >= 4 is 10.8 Å². The molecule has 0 radical (unpaired) electrons. The van der Waals surface area contributed by atoms with Crippen LogP contribution in [0.15, 0.2) is 18.2 Å². The molecule has 0 aliphatic rings. The van der Waals surface area contributed by atoms with Crippen molar-refractivity contribution in [2.75, 3.05) is 25.2 Å². The highest BCUT2D eigenvalue weighted by atomic mass is 32.2. The molecule has 5 heteroatoms. The Labute approximate surface area is 124 Å². The second kappa shape index (κ2) is 8.39. The number of nitrogens with one attached hydrogen (secondary N) is 1. The standard InChI is InChI=1S/C15H25NO3S/c1-11-5-12(2)7-15(6-11)19-9-14(17)8-16-13(3)10-20(4)18/h5-7,13-14,16-17H,8-10H2,1-4H3. The van der Waals surface area contributed by atoms with E-state index in [9.17, 15) is 9.32 Å². The Hall–Kier alpha value is -0.910. The Morgan fingerprint density at radius 1 is 1.30 bits per heavy atom. The first-order chi connectivity index (χ1) is 9.36. The minimum atomic E-state index is -0.824. The average molecular weight is 299 g/mol. The van der Waals surface area contributed by atoms with E-state index in [2.05, 4.69) is 11.4 Å². The van der Waals surface area contributed by atoms with Gasteiger partial charge in [0.15, 0.2) is 0 Å². The van der Waals surface area contributed by atoms with E-state index in [4.69, 9.17) is 4.74 Å². The molecule has 4 nitrogen and oxygen atoms in total. The van der Waals surface area contributed by atoms with E-state index in [1.54, 1.807) is 6.26 Å². The molecule has 2 N–H and O–H groups in total. The highest BCUT2D eigenvalue weighted by Crippen LogP contribution is 2.16. The van der Waals surface area contributed by atoms with Crippen LogP contribution >= 0.6 is 0 Å². The zero-order valence-electron chi connectivity index (χ0n) is 12.7. The van der Waals surface area contributed by atoms with E-state index < -0.39 is 16.9 Å². The van der Waals surface area contributed by atoms with Crippen molar-refractivity contribution in [3.8, 4) is 5.75 Å². The van der Waals surface area contributed by atoms with Gasteiger partial charge in [-0.05, 0) is 44.0 Å². The smallest absolute Gasteiger partial charge is 0.119 e. The van der Waals surface area contributed by atoms with Gasteiger partial charge in [0.05, 0.1) is 0 Å². The van der Waals surface area contributed by atoms with E-state index in [0.29, 0.717) is 12.3 Å². The van der Waals surface area contributed by atoms with Crippen molar-refractivity contribution < 1.29 is 14.1 Å². The number of benzene rings is 1. The fraction of sp³-hybridized carbons (Fsp3) is 0.600. The van der Waals surface area contributed by atoms with Gasteiger partial charge in [0.25, 0.3) is 0 Å². The van der Waals surface area contributed by atoms with E-state index in [1.807, 2.05) is 32.9 Å². The molecule has 114 valence electrons. The third-order valence-corrected chi connectivity index (χ3v) is 3.79. The number of aryl methyl sites for hydroxylation is 2. The number of aliphatic hydroxyl groups is 1. The molecule has 20 heavy (non-hydrogen) atoms. The normalized spacial score (nSPS) is 15.7. The lowest BCUT2D eigenvalue weighted by atomic mass is 10.1. The first kappa shape index (κ1) is 17.1. The highest BCUT2D eigenvalue weighted by molar-refractivity contribution is 7.84. The van der Waals surface area contributed by atoms with Gasteiger partial charge in [-0.3, -0.25) is 4.21 Å². The summed E-state index contributed by atoms with van der Waals surface area (Å²) in [5.74, 6) is 1.37. The van der Waals surface area contributed by atoms with Crippen molar-refractivity contribution in [2.24, 2.45) is 0 Å². The molecule has 0 aliphatic heterocycles. The second-order valence-corrected chi connectivity index (χ2v) is 6.82. The van der Waals surface area contributed by atoms with Crippen molar-refractivity contribution in [2.45, 2.75) is 32.9 Å². The summed E-state index contributed by atoms with van der Waals surface area (Å²) in [6.07, 6.45) is 1.10. The number of hydrogen-bond donors (Lipinski definition) is 2. The van der Waals surface area contributed by atoms with Gasteiger partial charge in [-0.2, -0.15) is 0 Å². The first-order valence-corrected chi connectivity index (χ1v) is 8.52. The Morgan fingerprint density at radius 3 is 2.45 bits per heavy atom. The molecule has 3 atom stereocenters. The zero-order valence-corrected chi connectivity index (χ0v) is 13.5. The van der Waals surface area contributed by atoms with Crippen LogP contribution in [0.4, 0.5) is 0 Å². The fourth-order valence-electron chi connectivity index (χ4n) is 2.02. The Morgan fingerprint density at radius 2 is 1.90 bits per heavy atom. The summed E-state index contributed by atoms with van der Waals surface area (Å²) in [7, 11) is -0.824. The SMILES string of the molecule is Cc1cc(C)cc(OCC(O)CNC(C)CS(C)=O)c1. The minimum absolute atomic E-state index is 0.122. The number of ether oxygens (including phenoxy) is 1. The molecule has 1 aromatic rings. The average Bonchev–Trinajstić information content (AvgIpc) is 2.32. The Balaban J connectivity index is 2.32. The van der Waals surface area contributed by atoms with Gasteiger partial charge < -0.3 is 15.2 Å². The third kappa shape index (κ3) is 7.03.